The number of pyridine rings is 1. The number of aliphatic hydroxyl groups excluding tert-OH is 1. The van der Waals surface area contributed by atoms with Crippen LogP contribution < -0.4 is 10.6 Å². The van der Waals surface area contributed by atoms with E-state index in [1.165, 1.54) is 0 Å². The van der Waals surface area contributed by atoms with Gasteiger partial charge in [0.2, 0.25) is 5.95 Å². The highest BCUT2D eigenvalue weighted by Crippen LogP contribution is 2.30. The summed E-state index contributed by atoms with van der Waals surface area (Å²) in [4.78, 5) is 11.7. The molecule has 30 heavy (non-hydrogen) atoms. The van der Waals surface area contributed by atoms with Crippen molar-refractivity contribution >= 4 is 17.5 Å². The fourth-order valence-corrected chi connectivity index (χ4v) is 2.79. The molecule has 0 amide bonds. The topological polar surface area (TPSA) is 83.0 Å². The molecule has 0 aliphatic carbocycles. The molecule has 0 unspecified atom stereocenters. The SMILES string of the molecule is Cc1cc(Nc2nccc(C(F)(F)F)n2)cc(-c2ccnc(NC(C)(C)CO)c2)c1. The number of aromatic nitrogens is 3. The lowest BCUT2D eigenvalue weighted by atomic mass is 10.0. The Morgan fingerprint density at radius 1 is 0.967 bits per heavy atom. The molecule has 0 saturated heterocycles. The monoisotopic (exact) mass is 417 g/mol. The zero-order valence-electron chi connectivity index (χ0n) is 16.7. The van der Waals surface area contributed by atoms with Crippen LogP contribution in [0.15, 0.2) is 48.8 Å². The molecule has 2 aromatic heterocycles. The number of rotatable bonds is 6. The van der Waals surface area contributed by atoms with Gasteiger partial charge in [0, 0.05) is 18.1 Å². The molecule has 158 valence electrons. The molecule has 0 aliphatic heterocycles. The number of anilines is 3. The van der Waals surface area contributed by atoms with Crippen LogP contribution in [0.2, 0.25) is 0 Å². The molecule has 3 rings (SSSR count). The number of hydrogen-bond acceptors (Lipinski definition) is 6. The Bertz CT molecular complexity index is 1040. The number of aryl methyl sites for hydroxylation is 1. The lowest BCUT2D eigenvalue weighted by Gasteiger charge is -2.24. The summed E-state index contributed by atoms with van der Waals surface area (Å²) in [5.41, 5.74) is 1.63. The van der Waals surface area contributed by atoms with Crippen molar-refractivity contribution in [2.75, 3.05) is 17.2 Å². The van der Waals surface area contributed by atoms with Gasteiger partial charge >= 0.3 is 6.18 Å². The number of nitrogens with zero attached hydrogens (tertiary/aromatic N) is 3. The molecule has 3 aromatic rings. The highest BCUT2D eigenvalue weighted by Gasteiger charge is 2.32. The number of aliphatic hydroxyl groups is 1. The third-order valence-corrected chi connectivity index (χ3v) is 4.23. The van der Waals surface area contributed by atoms with E-state index >= 15 is 0 Å². The van der Waals surface area contributed by atoms with Gasteiger partial charge in [0.25, 0.3) is 0 Å². The molecule has 0 saturated carbocycles. The third kappa shape index (κ3) is 5.44. The normalized spacial score (nSPS) is 12.0. The van der Waals surface area contributed by atoms with Crippen LogP contribution in [0.25, 0.3) is 11.1 Å². The zero-order chi connectivity index (χ0) is 21.9. The van der Waals surface area contributed by atoms with E-state index in [1.54, 1.807) is 18.3 Å². The maximum absolute atomic E-state index is 12.9. The zero-order valence-corrected chi connectivity index (χ0v) is 16.7. The first-order valence-electron chi connectivity index (χ1n) is 9.20. The van der Waals surface area contributed by atoms with E-state index < -0.39 is 17.4 Å². The molecular weight excluding hydrogens is 395 g/mol. The summed E-state index contributed by atoms with van der Waals surface area (Å²) < 4.78 is 38.7. The Balaban J connectivity index is 1.90. The third-order valence-electron chi connectivity index (χ3n) is 4.23. The van der Waals surface area contributed by atoms with Crippen molar-refractivity contribution in [3.8, 4) is 11.1 Å². The Morgan fingerprint density at radius 3 is 2.40 bits per heavy atom. The Morgan fingerprint density at radius 2 is 1.70 bits per heavy atom. The summed E-state index contributed by atoms with van der Waals surface area (Å²) in [6.45, 7) is 5.53. The Hall–Kier alpha value is -3.20. The molecule has 3 N–H and O–H groups in total. The van der Waals surface area contributed by atoms with E-state index in [9.17, 15) is 18.3 Å². The lowest BCUT2D eigenvalue weighted by molar-refractivity contribution is -0.141. The van der Waals surface area contributed by atoms with E-state index in [1.807, 2.05) is 39.0 Å². The highest BCUT2D eigenvalue weighted by molar-refractivity contribution is 5.72. The second kappa shape index (κ2) is 8.27. The quantitative estimate of drug-likeness (QED) is 0.535. The van der Waals surface area contributed by atoms with Crippen molar-refractivity contribution in [2.45, 2.75) is 32.5 Å². The summed E-state index contributed by atoms with van der Waals surface area (Å²) >= 11 is 0. The molecule has 0 fully saturated rings. The number of hydrogen-bond donors (Lipinski definition) is 3. The summed E-state index contributed by atoms with van der Waals surface area (Å²) in [6.07, 6.45) is -1.82. The van der Waals surface area contributed by atoms with Gasteiger partial charge in [-0.05, 0) is 67.8 Å². The van der Waals surface area contributed by atoms with Gasteiger partial charge in [-0.15, -0.1) is 0 Å². The molecule has 0 radical (unpaired) electrons. The van der Waals surface area contributed by atoms with Gasteiger partial charge in [-0.25, -0.2) is 15.0 Å². The van der Waals surface area contributed by atoms with Crippen molar-refractivity contribution < 1.29 is 18.3 Å². The van der Waals surface area contributed by atoms with E-state index in [0.717, 1.165) is 29.0 Å². The standard InChI is InChI=1S/C21H22F3N5O/c1-13-8-15(14-4-6-25-18(11-14)29-20(2,3)12-30)10-16(9-13)27-19-26-7-5-17(28-19)21(22,23)24/h4-11,30H,12H2,1-3H3,(H,25,29)(H,26,27,28). The van der Waals surface area contributed by atoms with Gasteiger partial charge in [-0.1, -0.05) is 6.07 Å². The second-order valence-electron chi connectivity index (χ2n) is 7.57. The average Bonchev–Trinajstić information content (AvgIpc) is 2.67. The van der Waals surface area contributed by atoms with E-state index in [2.05, 4.69) is 25.6 Å². The maximum atomic E-state index is 12.9. The largest absolute Gasteiger partial charge is 0.433 e. The van der Waals surface area contributed by atoms with Crippen LogP contribution in [-0.4, -0.2) is 32.2 Å². The van der Waals surface area contributed by atoms with E-state index in [4.69, 9.17) is 0 Å². The minimum absolute atomic E-state index is 0.0611. The molecule has 1 aromatic carbocycles. The Kier molecular flexibility index (Phi) is 5.93. The first kappa shape index (κ1) is 21.5. The molecule has 0 atom stereocenters. The van der Waals surface area contributed by atoms with E-state index in [-0.39, 0.29) is 12.6 Å². The van der Waals surface area contributed by atoms with Crippen LogP contribution in [0.1, 0.15) is 25.1 Å². The van der Waals surface area contributed by atoms with Crippen molar-refractivity contribution in [1.29, 1.82) is 0 Å². The van der Waals surface area contributed by atoms with Gasteiger partial charge in [0.05, 0.1) is 12.1 Å². The van der Waals surface area contributed by atoms with Gasteiger partial charge in [-0.2, -0.15) is 13.2 Å². The van der Waals surface area contributed by atoms with Crippen molar-refractivity contribution in [2.24, 2.45) is 0 Å². The molecule has 2 heterocycles. The minimum Gasteiger partial charge on any atom is -0.394 e. The van der Waals surface area contributed by atoms with Gasteiger partial charge in [0.15, 0.2) is 0 Å². The van der Waals surface area contributed by atoms with Gasteiger partial charge in [-0.3, -0.25) is 0 Å². The minimum atomic E-state index is -4.54. The molecule has 9 heteroatoms. The summed E-state index contributed by atoms with van der Waals surface area (Å²) in [7, 11) is 0. The van der Waals surface area contributed by atoms with Crippen LogP contribution in [0.4, 0.5) is 30.6 Å². The number of nitrogens with one attached hydrogen (secondary N) is 2. The predicted molar refractivity (Wildman–Crippen MR) is 110 cm³/mol. The Labute approximate surface area is 172 Å². The van der Waals surface area contributed by atoms with Crippen LogP contribution in [0.5, 0.6) is 0 Å². The number of alkyl halides is 3. The highest BCUT2D eigenvalue weighted by atomic mass is 19.4. The van der Waals surface area contributed by atoms with Crippen LogP contribution in [0, 0.1) is 6.92 Å². The maximum Gasteiger partial charge on any atom is 0.433 e. The smallest absolute Gasteiger partial charge is 0.394 e. The summed E-state index contributed by atoms with van der Waals surface area (Å²) in [5.74, 6) is 0.465. The summed E-state index contributed by atoms with van der Waals surface area (Å²) in [6, 6.07) is 10.0. The van der Waals surface area contributed by atoms with Crippen molar-refractivity contribution in [1.82, 2.24) is 15.0 Å². The van der Waals surface area contributed by atoms with Crippen molar-refractivity contribution in [3.05, 3.63) is 60.0 Å². The fourth-order valence-electron chi connectivity index (χ4n) is 2.79. The molecule has 0 bridgehead atoms. The van der Waals surface area contributed by atoms with Gasteiger partial charge < -0.3 is 15.7 Å². The molecular formula is C21H22F3N5O. The van der Waals surface area contributed by atoms with E-state index in [0.29, 0.717) is 11.5 Å². The fraction of sp³-hybridized carbons (Fsp3) is 0.286. The lowest BCUT2D eigenvalue weighted by Crippen LogP contribution is -2.35. The predicted octanol–water partition coefficient (Wildman–Crippen LogP) is 4.79. The van der Waals surface area contributed by atoms with Crippen LogP contribution >= 0.6 is 0 Å². The average molecular weight is 417 g/mol. The first-order valence-corrected chi connectivity index (χ1v) is 9.20. The van der Waals surface area contributed by atoms with Crippen molar-refractivity contribution in [3.63, 3.8) is 0 Å². The molecule has 0 spiro atoms. The van der Waals surface area contributed by atoms with Crippen LogP contribution in [-0.2, 0) is 6.18 Å². The first-order chi connectivity index (χ1) is 14.1. The second-order valence-corrected chi connectivity index (χ2v) is 7.57. The number of benzene rings is 1. The molecule has 6 nitrogen and oxygen atoms in total. The van der Waals surface area contributed by atoms with Gasteiger partial charge in [0.1, 0.15) is 11.5 Å². The molecule has 0 aliphatic rings. The summed E-state index contributed by atoms with van der Waals surface area (Å²) in [5, 5.41) is 15.5. The van der Waals surface area contributed by atoms with Crippen LogP contribution in [0.3, 0.4) is 0 Å². The number of halogens is 3.